The summed E-state index contributed by atoms with van der Waals surface area (Å²) in [7, 11) is 6.00. The summed E-state index contributed by atoms with van der Waals surface area (Å²) < 4.78 is 11.1. The van der Waals surface area contributed by atoms with Gasteiger partial charge in [-0.15, -0.1) is 0 Å². The summed E-state index contributed by atoms with van der Waals surface area (Å²) in [5, 5.41) is 3.37. The van der Waals surface area contributed by atoms with E-state index >= 15 is 0 Å². The Bertz CT molecular complexity index is 231. The number of ether oxygens (including phenoxy) is 2. The zero-order valence-corrected chi connectivity index (χ0v) is 14.4. The second-order valence-electron chi connectivity index (χ2n) is 6.34. The van der Waals surface area contributed by atoms with Crippen molar-refractivity contribution in [2.75, 3.05) is 47.5 Å². The van der Waals surface area contributed by atoms with Crippen molar-refractivity contribution in [1.82, 2.24) is 10.2 Å². The maximum atomic E-state index is 6.00. The SMILES string of the molecule is CNC1CCC(OCCCCCCN(C)CCOC)CC1. The average molecular weight is 300 g/mol. The molecule has 0 unspecified atom stereocenters. The standard InChI is InChI=1S/C17H36N2O2/c1-18-16-8-10-17(11-9-16)21-14-7-5-4-6-12-19(2)13-15-20-3/h16-18H,4-15H2,1-3H3. The fraction of sp³-hybridized carbons (Fsp3) is 1.00. The van der Waals surface area contributed by atoms with Gasteiger partial charge in [-0.3, -0.25) is 0 Å². The first-order chi connectivity index (χ1) is 10.3. The van der Waals surface area contributed by atoms with Gasteiger partial charge < -0.3 is 19.7 Å². The van der Waals surface area contributed by atoms with Gasteiger partial charge in [0, 0.05) is 26.3 Å². The molecule has 1 saturated carbocycles. The molecule has 0 aromatic rings. The van der Waals surface area contributed by atoms with E-state index in [-0.39, 0.29) is 0 Å². The van der Waals surface area contributed by atoms with Crippen LogP contribution in [0.2, 0.25) is 0 Å². The monoisotopic (exact) mass is 300 g/mol. The lowest BCUT2D eigenvalue weighted by molar-refractivity contribution is 0.0210. The maximum Gasteiger partial charge on any atom is 0.0589 e. The third kappa shape index (κ3) is 9.46. The smallest absolute Gasteiger partial charge is 0.0589 e. The van der Waals surface area contributed by atoms with Crippen molar-refractivity contribution in [3.63, 3.8) is 0 Å². The predicted molar refractivity (Wildman–Crippen MR) is 88.9 cm³/mol. The third-order valence-electron chi connectivity index (χ3n) is 4.55. The molecule has 0 atom stereocenters. The van der Waals surface area contributed by atoms with Gasteiger partial charge in [-0.25, -0.2) is 0 Å². The van der Waals surface area contributed by atoms with Gasteiger partial charge in [-0.1, -0.05) is 12.8 Å². The van der Waals surface area contributed by atoms with Gasteiger partial charge in [0.1, 0.15) is 0 Å². The Balaban J connectivity index is 1.84. The molecule has 0 radical (unpaired) electrons. The Hall–Kier alpha value is -0.160. The molecule has 0 aliphatic heterocycles. The van der Waals surface area contributed by atoms with E-state index in [4.69, 9.17) is 9.47 Å². The molecule has 0 spiro atoms. The van der Waals surface area contributed by atoms with Crippen LogP contribution in [-0.2, 0) is 9.47 Å². The van der Waals surface area contributed by atoms with E-state index in [1.54, 1.807) is 7.11 Å². The van der Waals surface area contributed by atoms with Crippen molar-refractivity contribution in [2.24, 2.45) is 0 Å². The van der Waals surface area contributed by atoms with Crippen molar-refractivity contribution in [1.29, 1.82) is 0 Å². The largest absolute Gasteiger partial charge is 0.383 e. The highest BCUT2D eigenvalue weighted by Gasteiger charge is 2.19. The van der Waals surface area contributed by atoms with E-state index in [2.05, 4.69) is 24.3 Å². The first kappa shape index (κ1) is 18.9. The number of hydrogen-bond donors (Lipinski definition) is 1. The van der Waals surface area contributed by atoms with E-state index in [9.17, 15) is 0 Å². The molecule has 1 aliphatic carbocycles. The molecule has 4 heteroatoms. The van der Waals surface area contributed by atoms with Crippen molar-refractivity contribution in [3.05, 3.63) is 0 Å². The second kappa shape index (κ2) is 12.4. The van der Waals surface area contributed by atoms with Crippen LogP contribution in [0.4, 0.5) is 0 Å². The molecule has 1 aliphatic rings. The van der Waals surface area contributed by atoms with Crippen molar-refractivity contribution < 1.29 is 9.47 Å². The number of hydrogen-bond acceptors (Lipinski definition) is 4. The molecule has 21 heavy (non-hydrogen) atoms. The maximum absolute atomic E-state index is 6.00. The summed E-state index contributed by atoms with van der Waals surface area (Å²) in [5.41, 5.74) is 0. The van der Waals surface area contributed by atoms with Crippen molar-refractivity contribution >= 4 is 0 Å². The van der Waals surface area contributed by atoms with Crippen LogP contribution >= 0.6 is 0 Å². The van der Waals surface area contributed by atoms with E-state index in [0.717, 1.165) is 25.8 Å². The molecule has 0 aromatic heterocycles. The van der Waals surface area contributed by atoms with E-state index in [0.29, 0.717) is 6.10 Å². The van der Waals surface area contributed by atoms with E-state index in [1.165, 1.54) is 57.9 Å². The number of methoxy groups -OCH3 is 1. The minimum atomic E-state index is 0.523. The minimum Gasteiger partial charge on any atom is -0.383 e. The van der Waals surface area contributed by atoms with E-state index < -0.39 is 0 Å². The third-order valence-corrected chi connectivity index (χ3v) is 4.55. The Morgan fingerprint density at radius 1 is 0.952 bits per heavy atom. The fourth-order valence-corrected chi connectivity index (χ4v) is 2.96. The predicted octanol–water partition coefficient (Wildman–Crippen LogP) is 2.67. The molecule has 1 N–H and O–H groups in total. The summed E-state index contributed by atoms with van der Waals surface area (Å²) in [5.74, 6) is 0. The first-order valence-electron chi connectivity index (χ1n) is 8.72. The highest BCUT2D eigenvalue weighted by Crippen LogP contribution is 2.21. The van der Waals surface area contributed by atoms with Gasteiger partial charge >= 0.3 is 0 Å². The molecule has 0 aromatic carbocycles. The van der Waals surface area contributed by atoms with Gasteiger partial charge in [0.2, 0.25) is 0 Å². The number of unbranched alkanes of at least 4 members (excludes halogenated alkanes) is 3. The zero-order valence-electron chi connectivity index (χ0n) is 14.4. The number of nitrogens with one attached hydrogen (secondary N) is 1. The van der Waals surface area contributed by atoms with Crippen LogP contribution in [0.25, 0.3) is 0 Å². The minimum absolute atomic E-state index is 0.523. The lowest BCUT2D eigenvalue weighted by atomic mass is 9.93. The van der Waals surface area contributed by atoms with Crippen molar-refractivity contribution in [3.8, 4) is 0 Å². The lowest BCUT2D eigenvalue weighted by Gasteiger charge is -2.28. The van der Waals surface area contributed by atoms with Crippen LogP contribution in [0.1, 0.15) is 51.4 Å². The number of nitrogens with zero attached hydrogens (tertiary/aromatic N) is 1. The molecule has 126 valence electrons. The molecule has 0 bridgehead atoms. The Kier molecular flexibility index (Phi) is 11.1. The lowest BCUT2D eigenvalue weighted by Crippen LogP contribution is -2.33. The van der Waals surface area contributed by atoms with Crippen molar-refractivity contribution in [2.45, 2.75) is 63.5 Å². The molecule has 0 saturated heterocycles. The topological polar surface area (TPSA) is 33.7 Å². The van der Waals surface area contributed by atoms with Gasteiger partial charge in [0.25, 0.3) is 0 Å². The highest BCUT2D eigenvalue weighted by molar-refractivity contribution is 4.76. The first-order valence-corrected chi connectivity index (χ1v) is 8.72. The zero-order chi connectivity index (χ0) is 15.3. The summed E-state index contributed by atoms with van der Waals surface area (Å²) in [4.78, 5) is 2.35. The Morgan fingerprint density at radius 3 is 2.33 bits per heavy atom. The second-order valence-corrected chi connectivity index (χ2v) is 6.34. The van der Waals surface area contributed by atoms with Crippen LogP contribution in [-0.4, -0.2) is 64.6 Å². The molecule has 1 rings (SSSR count). The van der Waals surface area contributed by atoms with E-state index in [1.807, 2.05) is 0 Å². The summed E-state index contributed by atoms with van der Waals surface area (Å²) >= 11 is 0. The molecule has 0 amide bonds. The molecular weight excluding hydrogens is 264 g/mol. The molecule has 1 fully saturated rings. The summed E-state index contributed by atoms with van der Waals surface area (Å²) in [6, 6.07) is 0.722. The molecular formula is C17H36N2O2. The molecule has 4 nitrogen and oxygen atoms in total. The van der Waals surface area contributed by atoms with Gasteiger partial charge in [-0.2, -0.15) is 0 Å². The highest BCUT2D eigenvalue weighted by atomic mass is 16.5. The van der Waals surface area contributed by atoms with Crippen LogP contribution in [0.3, 0.4) is 0 Å². The van der Waals surface area contributed by atoms with Crippen LogP contribution < -0.4 is 5.32 Å². The summed E-state index contributed by atoms with van der Waals surface area (Å²) in [6.45, 7) is 4.00. The van der Waals surface area contributed by atoms with Gasteiger partial charge in [0.05, 0.1) is 12.7 Å². The molecule has 0 heterocycles. The van der Waals surface area contributed by atoms with Gasteiger partial charge in [0.15, 0.2) is 0 Å². The quantitative estimate of drug-likeness (QED) is 0.562. The number of likely N-dealkylation sites (N-methyl/N-ethyl adjacent to an activating group) is 1. The fourth-order valence-electron chi connectivity index (χ4n) is 2.96. The Labute approximate surface area is 131 Å². The Morgan fingerprint density at radius 2 is 1.67 bits per heavy atom. The van der Waals surface area contributed by atoms with Crippen LogP contribution in [0.15, 0.2) is 0 Å². The van der Waals surface area contributed by atoms with Crippen LogP contribution in [0, 0.1) is 0 Å². The average Bonchev–Trinajstić information content (AvgIpc) is 2.52. The van der Waals surface area contributed by atoms with Gasteiger partial charge in [-0.05, 0) is 59.2 Å². The number of rotatable bonds is 12. The van der Waals surface area contributed by atoms with Crippen LogP contribution in [0.5, 0.6) is 0 Å². The normalized spacial score (nSPS) is 22.9. The summed E-state index contributed by atoms with van der Waals surface area (Å²) in [6.07, 6.45) is 10.6.